The number of benzene rings is 2. The predicted octanol–water partition coefficient (Wildman–Crippen LogP) is 3.59. The smallest absolute Gasteiger partial charge is 0.341 e. The Morgan fingerprint density at radius 2 is 1.64 bits per heavy atom. The Kier molecular flexibility index (Phi) is 8.30. The van der Waals surface area contributed by atoms with E-state index in [1.807, 2.05) is 0 Å². The van der Waals surface area contributed by atoms with Crippen molar-refractivity contribution in [2.24, 2.45) is 0 Å². The highest BCUT2D eigenvalue weighted by Crippen LogP contribution is 2.24. The Morgan fingerprint density at radius 3 is 2.25 bits per heavy atom. The number of carbonyl (C=O) groups excluding carboxylic acids is 1. The maximum atomic E-state index is 13.8. The topological polar surface area (TPSA) is 63.2 Å². The molecule has 0 atom stereocenters. The van der Waals surface area contributed by atoms with E-state index in [0.717, 1.165) is 0 Å². The summed E-state index contributed by atoms with van der Waals surface area (Å²) in [4.78, 5) is 12.0. The summed E-state index contributed by atoms with van der Waals surface area (Å²) >= 11 is 0. The maximum Gasteiger partial charge on any atom is 0.341 e. The van der Waals surface area contributed by atoms with Gasteiger partial charge in [0.15, 0.2) is 0 Å². The SMILES string of the molecule is COC=C(C(=O)OC)c1ccc(F)cc1COc1ccc(OCCOC)cc1. The normalized spacial score (nSPS) is 11.1. The molecule has 2 rings (SSSR count). The van der Waals surface area contributed by atoms with Gasteiger partial charge in [0.1, 0.15) is 36.1 Å². The molecule has 0 heterocycles. The lowest BCUT2D eigenvalue weighted by atomic mass is 10.0. The van der Waals surface area contributed by atoms with E-state index in [1.54, 1.807) is 31.4 Å². The first kappa shape index (κ1) is 21.2. The van der Waals surface area contributed by atoms with Crippen LogP contribution < -0.4 is 9.47 Å². The first-order valence-corrected chi connectivity index (χ1v) is 8.53. The standard InChI is InChI=1S/C21H23FO6/c1-24-10-11-27-17-5-7-18(8-6-17)28-13-15-12-16(22)4-9-19(15)20(14-25-2)21(23)26-3/h4-9,12,14H,10-11,13H2,1-3H3. The van der Waals surface area contributed by atoms with E-state index in [9.17, 15) is 9.18 Å². The van der Waals surface area contributed by atoms with Crippen LogP contribution in [-0.2, 0) is 25.6 Å². The summed E-state index contributed by atoms with van der Waals surface area (Å²) in [5.41, 5.74) is 1.12. The van der Waals surface area contributed by atoms with Crippen molar-refractivity contribution in [3.63, 3.8) is 0 Å². The van der Waals surface area contributed by atoms with E-state index in [2.05, 4.69) is 0 Å². The zero-order valence-corrected chi connectivity index (χ0v) is 16.1. The number of hydrogen-bond acceptors (Lipinski definition) is 6. The van der Waals surface area contributed by atoms with Crippen LogP contribution in [0.4, 0.5) is 4.39 Å². The molecule has 0 radical (unpaired) electrons. The second-order valence-corrected chi connectivity index (χ2v) is 5.66. The van der Waals surface area contributed by atoms with Crippen LogP contribution in [-0.4, -0.2) is 40.5 Å². The summed E-state index contributed by atoms with van der Waals surface area (Å²) in [5, 5.41) is 0. The van der Waals surface area contributed by atoms with Crippen LogP contribution in [0.1, 0.15) is 11.1 Å². The third kappa shape index (κ3) is 5.99. The summed E-state index contributed by atoms with van der Waals surface area (Å²) in [7, 11) is 4.29. The minimum absolute atomic E-state index is 0.0506. The van der Waals surface area contributed by atoms with Crippen LogP contribution >= 0.6 is 0 Å². The molecule has 0 aromatic heterocycles. The van der Waals surface area contributed by atoms with Gasteiger partial charge in [-0.3, -0.25) is 0 Å². The number of esters is 1. The minimum atomic E-state index is -0.590. The van der Waals surface area contributed by atoms with Gasteiger partial charge in [0.05, 0.1) is 27.1 Å². The first-order chi connectivity index (χ1) is 13.6. The first-order valence-electron chi connectivity index (χ1n) is 8.53. The average Bonchev–Trinajstić information content (AvgIpc) is 2.71. The third-order valence-corrected chi connectivity index (χ3v) is 3.77. The van der Waals surface area contributed by atoms with Crippen LogP contribution in [0.2, 0.25) is 0 Å². The highest BCUT2D eigenvalue weighted by atomic mass is 19.1. The van der Waals surface area contributed by atoms with Crippen LogP contribution in [0.15, 0.2) is 48.7 Å². The van der Waals surface area contributed by atoms with Gasteiger partial charge < -0.3 is 23.7 Å². The van der Waals surface area contributed by atoms with Gasteiger partial charge >= 0.3 is 5.97 Å². The lowest BCUT2D eigenvalue weighted by molar-refractivity contribution is -0.133. The van der Waals surface area contributed by atoms with Crippen molar-refractivity contribution in [2.45, 2.75) is 6.61 Å². The van der Waals surface area contributed by atoms with Gasteiger partial charge in [0.2, 0.25) is 0 Å². The quantitative estimate of drug-likeness (QED) is 0.267. The lowest BCUT2D eigenvalue weighted by Crippen LogP contribution is -2.09. The van der Waals surface area contributed by atoms with E-state index < -0.39 is 11.8 Å². The number of halogens is 1. The van der Waals surface area contributed by atoms with Gasteiger partial charge in [-0.15, -0.1) is 0 Å². The number of methoxy groups -OCH3 is 3. The Hall–Kier alpha value is -3.06. The van der Waals surface area contributed by atoms with Crippen LogP contribution in [0.5, 0.6) is 11.5 Å². The van der Waals surface area contributed by atoms with Gasteiger partial charge in [-0.2, -0.15) is 0 Å². The molecule has 0 bridgehead atoms. The number of hydrogen-bond donors (Lipinski definition) is 0. The predicted molar refractivity (Wildman–Crippen MR) is 102 cm³/mol. The second kappa shape index (κ2) is 10.9. The van der Waals surface area contributed by atoms with Crippen molar-refractivity contribution in [1.29, 1.82) is 0 Å². The Balaban J connectivity index is 2.14. The van der Waals surface area contributed by atoms with Gasteiger partial charge in [-0.05, 0) is 42.0 Å². The van der Waals surface area contributed by atoms with Gasteiger partial charge in [0.25, 0.3) is 0 Å². The molecule has 0 aliphatic heterocycles. The summed E-state index contributed by atoms with van der Waals surface area (Å²) < 4.78 is 39.7. The van der Waals surface area contributed by atoms with E-state index in [-0.39, 0.29) is 12.2 Å². The minimum Gasteiger partial charge on any atom is -0.503 e. The molecule has 0 fully saturated rings. The summed E-state index contributed by atoms with van der Waals surface area (Å²) in [6.07, 6.45) is 1.26. The molecule has 150 valence electrons. The maximum absolute atomic E-state index is 13.8. The van der Waals surface area contributed by atoms with Crippen molar-refractivity contribution >= 4 is 11.5 Å². The lowest BCUT2D eigenvalue weighted by Gasteiger charge is -2.13. The average molecular weight is 390 g/mol. The molecular weight excluding hydrogens is 367 g/mol. The fraction of sp³-hybridized carbons (Fsp3) is 0.286. The van der Waals surface area contributed by atoms with E-state index in [4.69, 9.17) is 23.7 Å². The van der Waals surface area contributed by atoms with Crippen molar-refractivity contribution in [2.75, 3.05) is 34.5 Å². The summed E-state index contributed by atoms with van der Waals surface area (Å²) in [5.74, 6) is 0.231. The molecule has 2 aromatic carbocycles. The summed E-state index contributed by atoms with van der Waals surface area (Å²) in [6.45, 7) is 0.999. The molecule has 0 saturated carbocycles. The molecule has 7 heteroatoms. The van der Waals surface area contributed by atoms with Gasteiger partial charge in [-0.25, -0.2) is 9.18 Å². The molecule has 28 heavy (non-hydrogen) atoms. The molecule has 0 unspecified atom stereocenters. The second-order valence-electron chi connectivity index (χ2n) is 5.66. The van der Waals surface area contributed by atoms with Crippen molar-refractivity contribution in [3.05, 3.63) is 65.7 Å². The van der Waals surface area contributed by atoms with E-state index >= 15 is 0 Å². The highest BCUT2D eigenvalue weighted by molar-refractivity contribution is 6.16. The Bertz CT molecular complexity index is 801. The molecule has 2 aromatic rings. The van der Waals surface area contributed by atoms with Crippen molar-refractivity contribution < 1.29 is 32.9 Å². The molecule has 0 aliphatic rings. The fourth-order valence-corrected chi connectivity index (χ4v) is 2.43. The third-order valence-electron chi connectivity index (χ3n) is 3.77. The summed E-state index contributed by atoms with van der Waals surface area (Å²) in [6, 6.07) is 11.1. The van der Waals surface area contributed by atoms with Crippen LogP contribution in [0.25, 0.3) is 5.57 Å². The molecule has 0 aliphatic carbocycles. The zero-order chi connectivity index (χ0) is 20.4. The molecule has 0 spiro atoms. The molecule has 0 N–H and O–H groups in total. The number of rotatable bonds is 10. The number of carbonyl (C=O) groups is 1. The Morgan fingerprint density at radius 1 is 0.964 bits per heavy atom. The molecule has 6 nitrogen and oxygen atoms in total. The van der Waals surface area contributed by atoms with Crippen LogP contribution in [0.3, 0.4) is 0 Å². The van der Waals surface area contributed by atoms with Gasteiger partial charge in [-0.1, -0.05) is 6.07 Å². The molecule has 0 saturated heterocycles. The molecular formula is C21H23FO6. The Labute approximate surface area is 163 Å². The van der Waals surface area contributed by atoms with E-state index in [1.165, 1.54) is 38.7 Å². The highest BCUT2D eigenvalue weighted by Gasteiger charge is 2.18. The molecule has 0 amide bonds. The van der Waals surface area contributed by atoms with Crippen molar-refractivity contribution in [3.8, 4) is 11.5 Å². The van der Waals surface area contributed by atoms with E-state index in [0.29, 0.717) is 35.8 Å². The zero-order valence-electron chi connectivity index (χ0n) is 16.1. The monoisotopic (exact) mass is 390 g/mol. The van der Waals surface area contributed by atoms with Gasteiger partial charge in [0, 0.05) is 12.7 Å². The van der Waals surface area contributed by atoms with Crippen molar-refractivity contribution in [1.82, 2.24) is 0 Å². The largest absolute Gasteiger partial charge is 0.503 e. The fourth-order valence-electron chi connectivity index (χ4n) is 2.43. The van der Waals surface area contributed by atoms with Crippen LogP contribution in [0, 0.1) is 5.82 Å². The number of ether oxygens (including phenoxy) is 5.